The number of aromatic amines is 1. The number of rotatable bonds is 12. The molecular weight excluding hydrogens is 493 g/mol. The molecule has 202 valence electrons. The first-order valence-electron chi connectivity index (χ1n) is 12.4. The number of methoxy groups -OCH3 is 1. The molecule has 10 heteroatoms. The van der Waals surface area contributed by atoms with E-state index >= 15 is 8.78 Å². The summed E-state index contributed by atoms with van der Waals surface area (Å²) in [4.78, 5) is 4.68. The van der Waals surface area contributed by atoms with E-state index in [0.29, 0.717) is 31.6 Å². The van der Waals surface area contributed by atoms with Crippen LogP contribution >= 0.6 is 0 Å². The number of benzene rings is 2. The van der Waals surface area contributed by atoms with Crippen LogP contribution in [-0.2, 0) is 11.2 Å². The summed E-state index contributed by atoms with van der Waals surface area (Å²) in [5.74, 6) is -5.01. The van der Waals surface area contributed by atoms with Crippen molar-refractivity contribution in [3.05, 3.63) is 64.9 Å². The van der Waals surface area contributed by atoms with Gasteiger partial charge in [0.1, 0.15) is 30.6 Å². The summed E-state index contributed by atoms with van der Waals surface area (Å²) in [6.45, 7) is 0.792. The fourth-order valence-electron chi connectivity index (χ4n) is 5.05. The van der Waals surface area contributed by atoms with E-state index in [0.717, 1.165) is 28.6 Å². The van der Waals surface area contributed by atoms with Gasteiger partial charge in [-0.05, 0) is 37.9 Å². The van der Waals surface area contributed by atoms with Crippen LogP contribution in [0.1, 0.15) is 36.2 Å². The Labute approximate surface area is 212 Å². The molecule has 5 nitrogen and oxygen atoms in total. The van der Waals surface area contributed by atoms with Crippen molar-refractivity contribution in [3.63, 3.8) is 0 Å². The molecule has 0 spiro atoms. The Morgan fingerprint density at radius 2 is 1.86 bits per heavy atom. The van der Waals surface area contributed by atoms with E-state index in [1.54, 1.807) is 6.92 Å². The van der Waals surface area contributed by atoms with Gasteiger partial charge in [-0.1, -0.05) is 18.2 Å². The van der Waals surface area contributed by atoms with Crippen LogP contribution in [0, 0.1) is 11.6 Å². The average molecular weight is 526 g/mol. The maximum absolute atomic E-state index is 15.6. The molecule has 1 aromatic heterocycles. The van der Waals surface area contributed by atoms with Gasteiger partial charge in [0.05, 0.1) is 19.3 Å². The number of H-pyrrole nitrogens is 1. The van der Waals surface area contributed by atoms with Gasteiger partial charge in [0.25, 0.3) is 5.92 Å². The van der Waals surface area contributed by atoms with Crippen LogP contribution in [0.15, 0.2) is 36.4 Å². The fraction of sp³-hybridized carbons (Fsp3) is 0.481. The molecule has 0 fully saturated rings. The molecule has 2 aromatic carbocycles. The molecule has 1 aliphatic rings. The number of fused-ring (bicyclic) bond motifs is 3. The van der Waals surface area contributed by atoms with E-state index in [1.165, 1.54) is 12.0 Å². The monoisotopic (exact) mass is 525 g/mol. The van der Waals surface area contributed by atoms with Crippen molar-refractivity contribution in [1.82, 2.24) is 15.2 Å². The normalized spacial score (nSPS) is 18.4. The molecule has 4 rings (SSSR count). The lowest BCUT2D eigenvalue weighted by molar-refractivity contribution is -0.0966. The van der Waals surface area contributed by atoms with Crippen LogP contribution in [0.3, 0.4) is 0 Å². The Kier molecular flexibility index (Phi) is 8.71. The molecule has 0 saturated carbocycles. The summed E-state index contributed by atoms with van der Waals surface area (Å²) in [7, 11) is 1.19. The Morgan fingerprint density at radius 3 is 2.57 bits per heavy atom. The van der Waals surface area contributed by atoms with Crippen molar-refractivity contribution in [2.75, 3.05) is 46.6 Å². The molecule has 0 amide bonds. The minimum absolute atomic E-state index is 0.0111. The highest BCUT2D eigenvalue weighted by atomic mass is 19.3. The molecule has 0 unspecified atom stereocenters. The molecule has 2 heterocycles. The number of para-hydroxylation sites is 1. The van der Waals surface area contributed by atoms with Crippen LogP contribution < -0.4 is 10.1 Å². The lowest BCUT2D eigenvalue weighted by Gasteiger charge is -2.42. The van der Waals surface area contributed by atoms with E-state index in [9.17, 15) is 13.2 Å². The van der Waals surface area contributed by atoms with Gasteiger partial charge in [-0.3, -0.25) is 9.29 Å². The van der Waals surface area contributed by atoms with E-state index < -0.39 is 49.5 Å². The number of hydrogen-bond acceptors (Lipinski definition) is 4. The van der Waals surface area contributed by atoms with Gasteiger partial charge in [-0.15, -0.1) is 0 Å². The summed E-state index contributed by atoms with van der Waals surface area (Å²) in [6.07, 6.45) is 0.812. The average Bonchev–Trinajstić information content (AvgIpc) is 3.20. The van der Waals surface area contributed by atoms with Gasteiger partial charge in [-0.25, -0.2) is 17.6 Å². The first-order chi connectivity index (χ1) is 17.8. The Hall–Kier alpha value is -2.69. The Bertz CT molecular complexity index is 1180. The molecule has 3 aromatic rings. The van der Waals surface area contributed by atoms with E-state index in [4.69, 9.17) is 9.47 Å². The zero-order valence-electron chi connectivity index (χ0n) is 20.9. The van der Waals surface area contributed by atoms with Crippen LogP contribution in [0.5, 0.6) is 5.75 Å². The SMILES string of the molecule is COCC(F)(F)CN1[C@H](c2c(F)cc(OCCNCCCF)cc2F)c2[nH]c3ccccc3c2C[C@H]1C. The zero-order chi connectivity index (χ0) is 26.6. The smallest absolute Gasteiger partial charge is 0.283 e. The molecule has 37 heavy (non-hydrogen) atoms. The molecular formula is C27H32F5N3O2. The van der Waals surface area contributed by atoms with Crippen molar-refractivity contribution in [2.45, 2.75) is 37.8 Å². The maximum atomic E-state index is 15.6. The number of nitrogens with one attached hydrogen (secondary N) is 2. The summed E-state index contributed by atoms with van der Waals surface area (Å²) in [5, 5.41) is 3.87. The maximum Gasteiger partial charge on any atom is 0.283 e. The molecule has 0 bridgehead atoms. The van der Waals surface area contributed by atoms with Crippen LogP contribution in [0.25, 0.3) is 10.9 Å². The van der Waals surface area contributed by atoms with Gasteiger partial charge in [0, 0.05) is 54.0 Å². The van der Waals surface area contributed by atoms with Crippen molar-refractivity contribution >= 4 is 10.9 Å². The third-order valence-electron chi connectivity index (χ3n) is 6.65. The lowest BCUT2D eigenvalue weighted by Crippen LogP contribution is -2.49. The van der Waals surface area contributed by atoms with E-state index in [2.05, 4.69) is 10.3 Å². The molecule has 0 aliphatic carbocycles. The highest BCUT2D eigenvalue weighted by Crippen LogP contribution is 2.44. The Balaban J connectivity index is 1.70. The number of aromatic nitrogens is 1. The molecule has 2 N–H and O–H groups in total. The third-order valence-corrected chi connectivity index (χ3v) is 6.65. The van der Waals surface area contributed by atoms with E-state index in [-0.39, 0.29) is 17.9 Å². The molecule has 0 radical (unpaired) electrons. The Morgan fingerprint density at radius 1 is 1.14 bits per heavy atom. The van der Waals surface area contributed by atoms with Crippen molar-refractivity contribution in [2.24, 2.45) is 0 Å². The quantitative estimate of drug-likeness (QED) is 0.246. The number of ether oxygens (including phenoxy) is 2. The topological polar surface area (TPSA) is 49.5 Å². The number of nitrogens with zero attached hydrogens (tertiary/aromatic N) is 1. The van der Waals surface area contributed by atoms with Crippen molar-refractivity contribution in [3.8, 4) is 5.75 Å². The fourth-order valence-corrected chi connectivity index (χ4v) is 5.05. The van der Waals surface area contributed by atoms with E-state index in [1.807, 2.05) is 24.3 Å². The second kappa shape index (κ2) is 11.8. The summed E-state index contributed by atoms with van der Waals surface area (Å²) in [6, 6.07) is 8.09. The first kappa shape index (κ1) is 27.3. The van der Waals surface area contributed by atoms with Gasteiger partial charge >= 0.3 is 0 Å². The second-order valence-corrected chi connectivity index (χ2v) is 9.42. The lowest BCUT2D eigenvalue weighted by atomic mass is 9.87. The second-order valence-electron chi connectivity index (χ2n) is 9.42. The van der Waals surface area contributed by atoms with Gasteiger partial charge in [0.2, 0.25) is 0 Å². The minimum Gasteiger partial charge on any atom is -0.492 e. The predicted molar refractivity (Wildman–Crippen MR) is 132 cm³/mol. The zero-order valence-corrected chi connectivity index (χ0v) is 20.9. The highest BCUT2D eigenvalue weighted by Gasteiger charge is 2.43. The number of halogens is 5. The van der Waals surface area contributed by atoms with Crippen LogP contribution in [0.2, 0.25) is 0 Å². The van der Waals surface area contributed by atoms with Crippen LogP contribution in [-0.4, -0.2) is 68.5 Å². The summed E-state index contributed by atoms with van der Waals surface area (Å²) >= 11 is 0. The summed E-state index contributed by atoms with van der Waals surface area (Å²) < 4.78 is 83.0. The first-order valence-corrected chi connectivity index (χ1v) is 12.4. The number of alkyl halides is 3. The summed E-state index contributed by atoms with van der Waals surface area (Å²) in [5.41, 5.74) is 1.81. The standard InChI is InChI=1S/C27H32F5N3O2/c1-17-12-20-19-6-3-4-7-23(19)34-25(20)26(35(17)15-27(31,32)16-36-2)24-21(29)13-18(14-22(24)30)37-11-10-33-9-5-8-28/h3-4,6-7,13-14,17,26,33-34H,5,8-12,15-16H2,1-2H3/t17-,26-/m1/s1. The molecule has 2 atom stereocenters. The van der Waals surface area contributed by atoms with Crippen LogP contribution in [0.4, 0.5) is 22.0 Å². The van der Waals surface area contributed by atoms with Crippen molar-refractivity contribution in [1.29, 1.82) is 0 Å². The van der Waals surface area contributed by atoms with Gasteiger partial charge in [-0.2, -0.15) is 0 Å². The molecule has 0 saturated heterocycles. The predicted octanol–water partition coefficient (Wildman–Crippen LogP) is 5.39. The van der Waals surface area contributed by atoms with Crippen molar-refractivity contribution < 1.29 is 31.4 Å². The minimum atomic E-state index is -3.23. The van der Waals surface area contributed by atoms with Gasteiger partial charge < -0.3 is 19.8 Å². The highest BCUT2D eigenvalue weighted by molar-refractivity contribution is 5.85. The molecule has 1 aliphatic heterocycles. The largest absolute Gasteiger partial charge is 0.492 e. The third kappa shape index (κ3) is 6.08. The number of hydrogen-bond donors (Lipinski definition) is 2. The van der Waals surface area contributed by atoms with Gasteiger partial charge in [0.15, 0.2) is 0 Å².